The van der Waals surface area contributed by atoms with E-state index in [1.54, 1.807) is 42.3 Å². The topological polar surface area (TPSA) is 79.9 Å². The lowest BCUT2D eigenvalue weighted by Crippen LogP contribution is -2.29. The summed E-state index contributed by atoms with van der Waals surface area (Å²) in [6.45, 7) is 0.611. The van der Waals surface area contributed by atoms with Crippen LogP contribution in [0.2, 0.25) is 0 Å². The molecule has 0 spiro atoms. The lowest BCUT2D eigenvalue weighted by molar-refractivity contribution is 0.0989. The molecule has 7 nitrogen and oxygen atoms in total. The highest BCUT2D eigenvalue weighted by molar-refractivity contribution is 6.08. The third-order valence-electron chi connectivity index (χ3n) is 5.16. The fourth-order valence-electron chi connectivity index (χ4n) is 3.60. The fraction of sp³-hybridized carbons (Fsp3) is 0.167. The molecule has 0 bridgehead atoms. The molecular formula is C24H23N3O4. The maximum atomic E-state index is 12.9. The summed E-state index contributed by atoms with van der Waals surface area (Å²) in [6.07, 6.45) is 0.779. The van der Waals surface area contributed by atoms with Crippen LogP contribution in [0.5, 0.6) is 11.5 Å². The predicted molar refractivity (Wildman–Crippen MR) is 120 cm³/mol. The van der Waals surface area contributed by atoms with Gasteiger partial charge in [-0.3, -0.25) is 4.79 Å². The monoisotopic (exact) mass is 417 g/mol. The van der Waals surface area contributed by atoms with Gasteiger partial charge in [-0.1, -0.05) is 24.3 Å². The van der Waals surface area contributed by atoms with Crippen molar-refractivity contribution in [2.24, 2.45) is 0 Å². The number of carbonyl (C=O) groups excluding carboxylic acids is 2. The van der Waals surface area contributed by atoms with E-state index in [0.717, 1.165) is 17.7 Å². The molecule has 0 aromatic heterocycles. The summed E-state index contributed by atoms with van der Waals surface area (Å²) in [5, 5.41) is 5.60. The predicted octanol–water partition coefficient (Wildman–Crippen LogP) is 4.55. The van der Waals surface area contributed by atoms with Gasteiger partial charge in [0.2, 0.25) is 0 Å². The van der Waals surface area contributed by atoms with Crippen LogP contribution in [0.4, 0.5) is 21.9 Å². The number of methoxy groups -OCH3 is 2. The van der Waals surface area contributed by atoms with Crippen LogP contribution < -0.4 is 25.0 Å². The molecule has 7 heteroatoms. The molecule has 0 aliphatic carbocycles. The Kier molecular flexibility index (Phi) is 5.75. The summed E-state index contributed by atoms with van der Waals surface area (Å²) in [4.78, 5) is 27.3. The number of hydrogen-bond acceptors (Lipinski definition) is 4. The molecule has 0 atom stereocenters. The van der Waals surface area contributed by atoms with E-state index in [-0.39, 0.29) is 5.91 Å². The van der Waals surface area contributed by atoms with Crippen LogP contribution in [0.3, 0.4) is 0 Å². The molecule has 4 rings (SSSR count). The van der Waals surface area contributed by atoms with Crippen molar-refractivity contribution in [1.29, 1.82) is 0 Å². The fourth-order valence-corrected chi connectivity index (χ4v) is 3.60. The Morgan fingerprint density at radius 1 is 0.903 bits per heavy atom. The van der Waals surface area contributed by atoms with Crippen LogP contribution >= 0.6 is 0 Å². The van der Waals surface area contributed by atoms with Gasteiger partial charge in [-0.2, -0.15) is 0 Å². The van der Waals surface area contributed by atoms with Crippen molar-refractivity contribution in [2.75, 3.05) is 36.3 Å². The van der Waals surface area contributed by atoms with Crippen molar-refractivity contribution in [1.82, 2.24) is 0 Å². The van der Waals surface area contributed by atoms with Crippen LogP contribution in [0.1, 0.15) is 15.9 Å². The largest absolute Gasteiger partial charge is 0.497 e. The number of benzene rings is 3. The van der Waals surface area contributed by atoms with Crippen molar-refractivity contribution < 1.29 is 19.1 Å². The number of anilines is 3. The molecule has 1 aliphatic rings. The molecule has 0 saturated heterocycles. The summed E-state index contributed by atoms with van der Waals surface area (Å²) in [5.74, 6) is 1.07. The Morgan fingerprint density at radius 3 is 2.45 bits per heavy atom. The highest BCUT2D eigenvalue weighted by Crippen LogP contribution is 2.33. The normalized spacial score (nSPS) is 12.1. The Hall–Kier alpha value is -4.00. The van der Waals surface area contributed by atoms with Crippen LogP contribution in [-0.4, -0.2) is 32.7 Å². The Bertz CT molecular complexity index is 1120. The minimum atomic E-state index is -0.426. The minimum absolute atomic E-state index is 0.0536. The number of nitrogens with zero attached hydrogens (tertiary/aromatic N) is 1. The maximum absolute atomic E-state index is 12.9. The van der Waals surface area contributed by atoms with Crippen molar-refractivity contribution in [2.45, 2.75) is 6.42 Å². The van der Waals surface area contributed by atoms with Crippen LogP contribution in [0.15, 0.2) is 66.7 Å². The SMILES string of the molecule is COc1ccc(OC)c(NC(=O)Nc2ccc3c(c2)N(C(=O)c2ccccc2)CC3)c1. The molecule has 0 fully saturated rings. The molecule has 158 valence electrons. The number of hydrogen-bond donors (Lipinski definition) is 2. The van der Waals surface area contributed by atoms with E-state index in [0.29, 0.717) is 35.0 Å². The summed E-state index contributed by atoms with van der Waals surface area (Å²) in [5.41, 5.74) is 3.60. The Labute approximate surface area is 180 Å². The molecule has 31 heavy (non-hydrogen) atoms. The molecule has 3 aromatic carbocycles. The standard InChI is InChI=1S/C24H23N3O4/c1-30-19-10-11-22(31-2)20(15-19)26-24(29)25-18-9-8-16-12-13-27(21(16)14-18)23(28)17-6-4-3-5-7-17/h3-11,14-15H,12-13H2,1-2H3,(H2,25,26,29). The van der Waals surface area contributed by atoms with Crippen molar-refractivity contribution in [3.05, 3.63) is 77.9 Å². The van der Waals surface area contributed by atoms with E-state index in [2.05, 4.69) is 10.6 Å². The van der Waals surface area contributed by atoms with Crippen LogP contribution in [0.25, 0.3) is 0 Å². The lowest BCUT2D eigenvalue weighted by Gasteiger charge is -2.18. The van der Waals surface area contributed by atoms with E-state index in [1.165, 1.54) is 7.11 Å². The molecular weight excluding hydrogens is 394 g/mol. The van der Waals surface area contributed by atoms with E-state index in [4.69, 9.17) is 9.47 Å². The van der Waals surface area contributed by atoms with Crippen molar-refractivity contribution in [3.8, 4) is 11.5 Å². The second kappa shape index (κ2) is 8.79. The number of ether oxygens (including phenoxy) is 2. The van der Waals surface area contributed by atoms with E-state index in [9.17, 15) is 9.59 Å². The van der Waals surface area contributed by atoms with Gasteiger partial charge in [0.15, 0.2) is 0 Å². The second-order valence-electron chi connectivity index (χ2n) is 7.06. The number of nitrogens with one attached hydrogen (secondary N) is 2. The van der Waals surface area contributed by atoms with Crippen LogP contribution in [-0.2, 0) is 6.42 Å². The zero-order valence-electron chi connectivity index (χ0n) is 17.3. The zero-order valence-corrected chi connectivity index (χ0v) is 17.3. The Balaban J connectivity index is 1.51. The Morgan fingerprint density at radius 2 is 1.71 bits per heavy atom. The molecule has 1 aliphatic heterocycles. The molecule has 0 unspecified atom stereocenters. The highest BCUT2D eigenvalue weighted by Gasteiger charge is 2.26. The van der Waals surface area contributed by atoms with Gasteiger partial charge in [0.25, 0.3) is 5.91 Å². The van der Waals surface area contributed by atoms with Crippen LogP contribution in [0, 0.1) is 0 Å². The first-order chi connectivity index (χ1) is 15.1. The third kappa shape index (κ3) is 4.30. The first-order valence-corrected chi connectivity index (χ1v) is 9.89. The van der Waals surface area contributed by atoms with Gasteiger partial charge in [0, 0.05) is 29.5 Å². The van der Waals surface area contributed by atoms with Crippen molar-refractivity contribution in [3.63, 3.8) is 0 Å². The number of urea groups is 1. The van der Waals surface area contributed by atoms with Gasteiger partial charge < -0.3 is 25.0 Å². The summed E-state index contributed by atoms with van der Waals surface area (Å²) in [6, 6.07) is 19.5. The van der Waals surface area contributed by atoms with Gasteiger partial charge in [0.1, 0.15) is 11.5 Å². The number of fused-ring (bicyclic) bond motifs is 1. The molecule has 3 amide bonds. The van der Waals surface area contributed by atoms with Crippen molar-refractivity contribution >= 4 is 29.0 Å². The minimum Gasteiger partial charge on any atom is -0.497 e. The number of rotatable bonds is 5. The molecule has 1 heterocycles. The van der Waals surface area contributed by atoms with E-state index in [1.807, 2.05) is 36.4 Å². The lowest BCUT2D eigenvalue weighted by atomic mass is 10.1. The number of amides is 3. The summed E-state index contributed by atoms with van der Waals surface area (Å²) < 4.78 is 10.5. The average Bonchev–Trinajstić information content (AvgIpc) is 3.22. The summed E-state index contributed by atoms with van der Waals surface area (Å²) in [7, 11) is 3.09. The smallest absolute Gasteiger partial charge is 0.323 e. The zero-order chi connectivity index (χ0) is 21.8. The maximum Gasteiger partial charge on any atom is 0.323 e. The molecule has 3 aromatic rings. The number of carbonyl (C=O) groups is 2. The van der Waals surface area contributed by atoms with Gasteiger partial charge >= 0.3 is 6.03 Å². The quantitative estimate of drug-likeness (QED) is 0.638. The molecule has 2 N–H and O–H groups in total. The van der Waals surface area contributed by atoms with Gasteiger partial charge in [0.05, 0.1) is 19.9 Å². The van der Waals surface area contributed by atoms with E-state index < -0.39 is 6.03 Å². The van der Waals surface area contributed by atoms with Gasteiger partial charge in [-0.25, -0.2) is 4.79 Å². The second-order valence-corrected chi connectivity index (χ2v) is 7.06. The van der Waals surface area contributed by atoms with Gasteiger partial charge in [-0.15, -0.1) is 0 Å². The van der Waals surface area contributed by atoms with E-state index >= 15 is 0 Å². The van der Waals surface area contributed by atoms with Gasteiger partial charge in [-0.05, 0) is 48.4 Å². The first-order valence-electron chi connectivity index (χ1n) is 9.89. The summed E-state index contributed by atoms with van der Waals surface area (Å²) >= 11 is 0. The highest BCUT2D eigenvalue weighted by atomic mass is 16.5. The average molecular weight is 417 g/mol. The molecule has 0 radical (unpaired) electrons. The third-order valence-corrected chi connectivity index (χ3v) is 5.16. The first kappa shape index (κ1) is 20.3. The molecule has 0 saturated carbocycles.